The van der Waals surface area contributed by atoms with Crippen molar-refractivity contribution in [2.45, 2.75) is 6.92 Å². The van der Waals surface area contributed by atoms with Crippen molar-refractivity contribution in [3.05, 3.63) is 76.6 Å². The quantitative estimate of drug-likeness (QED) is 0.375. The Morgan fingerprint density at radius 1 is 1.34 bits per heavy atom. The number of hydrogen-bond acceptors (Lipinski definition) is 6. The van der Waals surface area contributed by atoms with E-state index in [4.69, 9.17) is 21.1 Å². The van der Waals surface area contributed by atoms with Gasteiger partial charge in [-0.2, -0.15) is 0 Å². The number of aromatic amines is 1. The number of esters is 1. The second kappa shape index (κ2) is 7.81. The van der Waals surface area contributed by atoms with Crippen LogP contribution in [0.2, 0.25) is 5.02 Å². The summed E-state index contributed by atoms with van der Waals surface area (Å²) in [7, 11) is 0. The minimum Gasteiger partial charge on any atom is -0.462 e. The van der Waals surface area contributed by atoms with Gasteiger partial charge < -0.3 is 19.8 Å². The number of anilines is 1. The van der Waals surface area contributed by atoms with E-state index in [-0.39, 0.29) is 23.8 Å². The first-order chi connectivity index (χ1) is 14.1. The number of fused-ring (bicyclic) bond motifs is 1. The Balaban J connectivity index is 1.71. The molecular formula is C21H16ClN3O4. The van der Waals surface area contributed by atoms with E-state index in [1.807, 2.05) is 6.07 Å². The molecule has 1 aliphatic rings. The van der Waals surface area contributed by atoms with Crippen LogP contribution in [0.4, 0.5) is 5.69 Å². The Bertz CT molecular complexity index is 1180. The molecule has 0 bridgehead atoms. The Labute approximate surface area is 171 Å². The van der Waals surface area contributed by atoms with Gasteiger partial charge in [0.05, 0.1) is 6.61 Å². The molecule has 0 unspecified atom stereocenters. The molecule has 0 atom stereocenters. The number of ketones is 1. The summed E-state index contributed by atoms with van der Waals surface area (Å²) in [4.78, 5) is 32.6. The fourth-order valence-electron chi connectivity index (χ4n) is 2.94. The van der Waals surface area contributed by atoms with Crippen LogP contribution in [0.5, 0.6) is 0 Å². The van der Waals surface area contributed by atoms with Gasteiger partial charge in [0.1, 0.15) is 5.65 Å². The third kappa shape index (κ3) is 3.72. The van der Waals surface area contributed by atoms with E-state index in [9.17, 15) is 9.59 Å². The van der Waals surface area contributed by atoms with Gasteiger partial charge in [-0.1, -0.05) is 17.7 Å². The molecule has 0 aliphatic carbocycles. The van der Waals surface area contributed by atoms with Crippen molar-refractivity contribution in [2.75, 3.05) is 11.9 Å². The van der Waals surface area contributed by atoms with Crippen molar-refractivity contribution in [3.63, 3.8) is 0 Å². The second-order valence-electron chi connectivity index (χ2n) is 6.14. The van der Waals surface area contributed by atoms with Crippen LogP contribution < -0.4 is 5.32 Å². The summed E-state index contributed by atoms with van der Waals surface area (Å²) >= 11 is 6.01. The van der Waals surface area contributed by atoms with E-state index in [0.717, 1.165) is 5.39 Å². The predicted molar refractivity (Wildman–Crippen MR) is 109 cm³/mol. The number of nitrogens with zero attached hydrogens (tertiary/aromatic N) is 1. The number of halogens is 1. The number of pyridine rings is 1. The normalized spacial score (nSPS) is 15.1. The van der Waals surface area contributed by atoms with Crippen LogP contribution in [0, 0.1) is 0 Å². The standard InChI is InChI=1S/C21H16ClN3O4/c1-2-28-21(27)17-18(26)16(9-12-11-24-19-15(12)7-4-8-23-19)29-20(17)25-14-6-3-5-13(22)10-14/h3-11,25H,2H2,1H3,(H,23,24). The largest absolute Gasteiger partial charge is 0.462 e. The minimum atomic E-state index is -0.758. The summed E-state index contributed by atoms with van der Waals surface area (Å²) in [6, 6.07) is 10.5. The minimum absolute atomic E-state index is 0.0000621. The summed E-state index contributed by atoms with van der Waals surface area (Å²) in [5, 5.41) is 4.26. The molecule has 3 aromatic rings. The molecule has 146 valence electrons. The SMILES string of the molecule is CCOC(=O)C1=C(Nc2cccc(Cl)c2)OC(=Cc2c[nH]c3ncccc23)C1=O. The van der Waals surface area contributed by atoms with E-state index >= 15 is 0 Å². The molecule has 1 aliphatic heterocycles. The number of benzene rings is 1. The Kier molecular flexibility index (Phi) is 5.05. The van der Waals surface area contributed by atoms with Crippen molar-refractivity contribution in [3.8, 4) is 0 Å². The zero-order chi connectivity index (χ0) is 20.4. The zero-order valence-corrected chi connectivity index (χ0v) is 16.1. The molecule has 0 amide bonds. The lowest BCUT2D eigenvalue weighted by Gasteiger charge is -2.09. The van der Waals surface area contributed by atoms with Gasteiger partial charge in [-0.25, -0.2) is 9.78 Å². The van der Waals surface area contributed by atoms with Crippen LogP contribution in [-0.2, 0) is 19.1 Å². The average Bonchev–Trinajstić information content (AvgIpc) is 3.24. The lowest BCUT2D eigenvalue weighted by atomic mass is 10.1. The van der Waals surface area contributed by atoms with Gasteiger partial charge in [0, 0.05) is 34.1 Å². The lowest BCUT2D eigenvalue weighted by Crippen LogP contribution is -2.16. The number of hydrogen-bond donors (Lipinski definition) is 2. The highest BCUT2D eigenvalue weighted by atomic mass is 35.5. The number of carbonyl (C=O) groups excluding carboxylic acids is 2. The first-order valence-corrected chi connectivity index (χ1v) is 9.25. The summed E-state index contributed by atoms with van der Waals surface area (Å²) in [5.41, 5.74) is 1.76. The van der Waals surface area contributed by atoms with E-state index in [1.54, 1.807) is 55.7 Å². The van der Waals surface area contributed by atoms with Gasteiger partial charge in [0.2, 0.25) is 11.7 Å². The van der Waals surface area contributed by atoms with Crippen LogP contribution in [0.15, 0.2) is 66.0 Å². The molecule has 4 rings (SSSR count). The summed E-state index contributed by atoms with van der Waals surface area (Å²) in [6.07, 6.45) is 4.95. The van der Waals surface area contributed by atoms with Gasteiger partial charge in [-0.3, -0.25) is 4.79 Å². The lowest BCUT2D eigenvalue weighted by molar-refractivity contribution is -0.139. The number of Topliss-reactive ketones (excluding diaryl/α,β-unsaturated/α-hetero) is 1. The van der Waals surface area contributed by atoms with Crippen LogP contribution in [0.25, 0.3) is 17.1 Å². The summed E-state index contributed by atoms with van der Waals surface area (Å²) in [6.45, 7) is 1.80. The number of carbonyl (C=O) groups is 2. The highest BCUT2D eigenvalue weighted by Crippen LogP contribution is 2.30. The van der Waals surface area contributed by atoms with E-state index in [0.29, 0.717) is 21.9 Å². The molecule has 2 N–H and O–H groups in total. The predicted octanol–water partition coefficient (Wildman–Crippen LogP) is 4.04. The van der Waals surface area contributed by atoms with Crippen LogP contribution in [0.1, 0.15) is 12.5 Å². The number of allylic oxidation sites excluding steroid dienone is 1. The molecule has 0 radical (unpaired) electrons. The highest BCUT2D eigenvalue weighted by molar-refractivity contribution is 6.31. The Morgan fingerprint density at radius 2 is 2.21 bits per heavy atom. The Hall–Kier alpha value is -3.58. The maximum Gasteiger partial charge on any atom is 0.347 e. The number of nitrogens with one attached hydrogen (secondary N) is 2. The van der Waals surface area contributed by atoms with Crippen molar-refractivity contribution in [1.29, 1.82) is 0 Å². The molecule has 0 saturated heterocycles. The molecule has 0 fully saturated rings. The first-order valence-electron chi connectivity index (χ1n) is 8.87. The third-order valence-electron chi connectivity index (χ3n) is 4.22. The van der Waals surface area contributed by atoms with E-state index in [2.05, 4.69) is 15.3 Å². The highest BCUT2D eigenvalue weighted by Gasteiger charge is 2.37. The van der Waals surface area contributed by atoms with E-state index < -0.39 is 11.8 Å². The van der Waals surface area contributed by atoms with Crippen LogP contribution >= 0.6 is 11.6 Å². The van der Waals surface area contributed by atoms with E-state index in [1.165, 1.54) is 0 Å². The molecule has 7 nitrogen and oxygen atoms in total. The molecule has 3 heterocycles. The fourth-order valence-corrected chi connectivity index (χ4v) is 3.13. The number of aromatic nitrogens is 2. The molecule has 29 heavy (non-hydrogen) atoms. The maximum absolute atomic E-state index is 12.9. The molecular weight excluding hydrogens is 394 g/mol. The van der Waals surface area contributed by atoms with Crippen molar-refractivity contribution in [1.82, 2.24) is 9.97 Å². The van der Waals surface area contributed by atoms with Gasteiger partial charge in [0.25, 0.3) is 0 Å². The summed E-state index contributed by atoms with van der Waals surface area (Å²) in [5.74, 6) is -1.32. The zero-order valence-electron chi connectivity index (χ0n) is 15.4. The van der Waals surface area contributed by atoms with Gasteiger partial charge in [-0.15, -0.1) is 0 Å². The van der Waals surface area contributed by atoms with Crippen molar-refractivity contribution >= 4 is 46.2 Å². The first kappa shape index (κ1) is 18.8. The fraction of sp³-hybridized carbons (Fsp3) is 0.0952. The monoisotopic (exact) mass is 409 g/mol. The van der Waals surface area contributed by atoms with Gasteiger partial charge in [-0.05, 0) is 43.3 Å². The third-order valence-corrected chi connectivity index (χ3v) is 4.46. The molecule has 1 aromatic carbocycles. The molecule has 0 spiro atoms. The molecule has 2 aromatic heterocycles. The van der Waals surface area contributed by atoms with Crippen molar-refractivity contribution < 1.29 is 19.1 Å². The smallest absolute Gasteiger partial charge is 0.347 e. The van der Waals surface area contributed by atoms with Crippen LogP contribution in [0.3, 0.4) is 0 Å². The summed E-state index contributed by atoms with van der Waals surface area (Å²) < 4.78 is 10.8. The number of rotatable bonds is 5. The van der Waals surface area contributed by atoms with Crippen molar-refractivity contribution in [2.24, 2.45) is 0 Å². The Morgan fingerprint density at radius 3 is 3.00 bits per heavy atom. The maximum atomic E-state index is 12.9. The topological polar surface area (TPSA) is 93.3 Å². The molecule has 0 saturated carbocycles. The number of H-pyrrole nitrogens is 1. The van der Waals surface area contributed by atoms with Crippen LogP contribution in [-0.4, -0.2) is 28.3 Å². The molecule has 8 heteroatoms. The van der Waals surface area contributed by atoms with Gasteiger partial charge >= 0.3 is 5.97 Å². The second-order valence-corrected chi connectivity index (χ2v) is 6.58. The number of ether oxygens (including phenoxy) is 2. The average molecular weight is 410 g/mol. The van der Waals surface area contributed by atoms with Gasteiger partial charge in [0.15, 0.2) is 11.3 Å².